The Bertz CT molecular complexity index is 346. The topological polar surface area (TPSA) is 57.5 Å². The first kappa shape index (κ1) is 15.8. The number of carboxylic acids is 1. The first-order valence-corrected chi connectivity index (χ1v) is 8.04. The molecule has 0 aromatic heterocycles. The van der Waals surface area contributed by atoms with Crippen LogP contribution in [0.2, 0.25) is 0 Å². The van der Waals surface area contributed by atoms with Crippen molar-refractivity contribution in [1.29, 1.82) is 0 Å². The van der Waals surface area contributed by atoms with Gasteiger partial charge in [-0.25, -0.2) is 0 Å². The highest BCUT2D eigenvalue weighted by atomic mass is 16.4. The van der Waals surface area contributed by atoms with Crippen LogP contribution in [0.15, 0.2) is 0 Å². The van der Waals surface area contributed by atoms with Gasteiger partial charge in [0.1, 0.15) is 0 Å². The SMILES string of the molecule is CC1(C)CC(C2CCC(O)CC2)CC(C)(C)C1C(=O)O. The van der Waals surface area contributed by atoms with E-state index < -0.39 is 5.97 Å². The minimum Gasteiger partial charge on any atom is -0.481 e. The molecule has 2 saturated carbocycles. The number of carboxylic acid groups (broad SMARTS) is 1. The van der Waals surface area contributed by atoms with Crippen LogP contribution in [0.1, 0.15) is 66.2 Å². The van der Waals surface area contributed by atoms with Gasteiger partial charge in [0.2, 0.25) is 0 Å². The van der Waals surface area contributed by atoms with Gasteiger partial charge in [0.15, 0.2) is 0 Å². The molecule has 0 saturated heterocycles. The maximum atomic E-state index is 11.7. The Morgan fingerprint density at radius 2 is 1.35 bits per heavy atom. The summed E-state index contributed by atoms with van der Waals surface area (Å²) >= 11 is 0. The molecule has 3 nitrogen and oxygen atoms in total. The molecule has 0 bridgehead atoms. The van der Waals surface area contributed by atoms with Crippen molar-refractivity contribution < 1.29 is 15.0 Å². The smallest absolute Gasteiger partial charge is 0.307 e. The van der Waals surface area contributed by atoms with Crippen molar-refractivity contribution in [3.8, 4) is 0 Å². The fourth-order valence-corrected chi connectivity index (χ4v) is 5.29. The number of aliphatic carboxylic acids is 1. The van der Waals surface area contributed by atoms with Crippen LogP contribution in [0.4, 0.5) is 0 Å². The van der Waals surface area contributed by atoms with Gasteiger partial charge >= 0.3 is 5.97 Å². The van der Waals surface area contributed by atoms with Gasteiger partial charge in [-0.05, 0) is 61.2 Å². The van der Waals surface area contributed by atoms with Crippen molar-refractivity contribution in [2.45, 2.75) is 72.3 Å². The number of rotatable bonds is 2. The molecule has 0 aromatic rings. The monoisotopic (exact) mass is 282 g/mol. The second-order valence-electron chi connectivity index (χ2n) is 8.49. The summed E-state index contributed by atoms with van der Waals surface area (Å²) in [6.45, 7) is 8.49. The van der Waals surface area contributed by atoms with Crippen molar-refractivity contribution in [3.05, 3.63) is 0 Å². The largest absolute Gasteiger partial charge is 0.481 e. The number of aliphatic hydroxyl groups is 1. The maximum Gasteiger partial charge on any atom is 0.307 e. The van der Waals surface area contributed by atoms with E-state index >= 15 is 0 Å². The summed E-state index contributed by atoms with van der Waals surface area (Å²) in [5.74, 6) is 0.382. The van der Waals surface area contributed by atoms with E-state index in [0.29, 0.717) is 11.8 Å². The first-order chi connectivity index (χ1) is 9.13. The Morgan fingerprint density at radius 1 is 0.900 bits per heavy atom. The van der Waals surface area contributed by atoms with Crippen molar-refractivity contribution >= 4 is 5.97 Å². The van der Waals surface area contributed by atoms with Crippen molar-refractivity contribution in [2.75, 3.05) is 0 Å². The molecule has 2 fully saturated rings. The number of carbonyl (C=O) groups is 1. The molecule has 20 heavy (non-hydrogen) atoms. The highest BCUT2D eigenvalue weighted by Gasteiger charge is 2.52. The third kappa shape index (κ3) is 3.03. The number of hydrogen-bond donors (Lipinski definition) is 2. The van der Waals surface area contributed by atoms with Crippen LogP contribution in [-0.2, 0) is 4.79 Å². The summed E-state index contributed by atoms with van der Waals surface area (Å²) < 4.78 is 0. The summed E-state index contributed by atoms with van der Waals surface area (Å²) in [5.41, 5.74) is -0.289. The zero-order valence-electron chi connectivity index (χ0n) is 13.4. The van der Waals surface area contributed by atoms with Crippen LogP contribution in [0.25, 0.3) is 0 Å². The Morgan fingerprint density at radius 3 is 1.75 bits per heavy atom. The highest BCUT2D eigenvalue weighted by Crippen LogP contribution is 2.56. The molecule has 2 aliphatic carbocycles. The molecule has 0 heterocycles. The van der Waals surface area contributed by atoms with Crippen LogP contribution >= 0.6 is 0 Å². The van der Waals surface area contributed by atoms with E-state index in [4.69, 9.17) is 0 Å². The van der Waals surface area contributed by atoms with Crippen molar-refractivity contribution in [1.82, 2.24) is 0 Å². The highest BCUT2D eigenvalue weighted by molar-refractivity contribution is 5.72. The molecule has 2 rings (SSSR count). The van der Waals surface area contributed by atoms with Gasteiger partial charge in [0.25, 0.3) is 0 Å². The molecule has 3 heteroatoms. The Labute approximate surface area is 122 Å². The average Bonchev–Trinajstić information content (AvgIpc) is 2.25. The van der Waals surface area contributed by atoms with Crippen molar-refractivity contribution in [3.63, 3.8) is 0 Å². The maximum absolute atomic E-state index is 11.7. The van der Waals surface area contributed by atoms with Crippen LogP contribution in [-0.4, -0.2) is 22.3 Å². The zero-order chi connectivity index (χ0) is 15.1. The van der Waals surface area contributed by atoms with E-state index in [1.165, 1.54) is 0 Å². The lowest BCUT2D eigenvalue weighted by Crippen LogP contribution is -2.49. The van der Waals surface area contributed by atoms with E-state index in [9.17, 15) is 15.0 Å². The minimum absolute atomic E-state index is 0.109. The summed E-state index contributed by atoms with van der Waals surface area (Å²) in [6.07, 6.45) is 5.96. The standard InChI is InChI=1S/C17H30O3/c1-16(2)9-12(11-5-7-13(18)8-6-11)10-17(3,4)14(16)15(19)20/h11-14,18H,5-10H2,1-4H3,(H,19,20). The minimum atomic E-state index is -0.641. The summed E-state index contributed by atoms with van der Waals surface area (Å²) in [7, 11) is 0. The molecule has 0 atom stereocenters. The second kappa shape index (κ2) is 5.32. The molecule has 0 aromatic carbocycles. The Hall–Kier alpha value is -0.570. The molecule has 2 aliphatic rings. The van der Waals surface area contributed by atoms with E-state index in [1.807, 2.05) is 0 Å². The van der Waals surface area contributed by atoms with E-state index in [2.05, 4.69) is 27.7 Å². The van der Waals surface area contributed by atoms with E-state index in [-0.39, 0.29) is 22.9 Å². The van der Waals surface area contributed by atoms with Gasteiger partial charge < -0.3 is 10.2 Å². The molecule has 2 N–H and O–H groups in total. The van der Waals surface area contributed by atoms with Crippen LogP contribution in [0.3, 0.4) is 0 Å². The van der Waals surface area contributed by atoms with Crippen molar-refractivity contribution in [2.24, 2.45) is 28.6 Å². The number of aliphatic hydroxyl groups excluding tert-OH is 1. The van der Waals surface area contributed by atoms with E-state index in [0.717, 1.165) is 38.5 Å². The molecule has 0 spiro atoms. The predicted octanol–water partition coefficient (Wildman–Crippen LogP) is 3.70. The molecule has 0 amide bonds. The fraction of sp³-hybridized carbons (Fsp3) is 0.941. The Balaban J connectivity index is 2.14. The summed E-state index contributed by atoms with van der Waals surface area (Å²) in [5, 5.41) is 19.3. The normalized spacial score (nSPS) is 40.2. The van der Waals surface area contributed by atoms with Gasteiger partial charge in [-0.15, -0.1) is 0 Å². The molecule has 0 unspecified atom stereocenters. The lowest BCUT2D eigenvalue weighted by atomic mass is 9.52. The number of hydrogen-bond acceptors (Lipinski definition) is 2. The molecular formula is C17H30O3. The third-order valence-corrected chi connectivity index (χ3v) is 5.79. The lowest BCUT2D eigenvalue weighted by Gasteiger charge is -2.52. The van der Waals surface area contributed by atoms with Gasteiger partial charge in [0, 0.05) is 0 Å². The van der Waals surface area contributed by atoms with Crippen LogP contribution in [0.5, 0.6) is 0 Å². The molecule has 0 aliphatic heterocycles. The molecular weight excluding hydrogens is 252 g/mol. The summed E-state index contributed by atoms with van der Waals surface area (Å²) in [4.78, 5) is 11.7. The Kier molecular flexibility index (Phi) is 4.21. The quantitative estimate of drug-likeness (QED) is 0.812. The third-order valence-electron chi connectivity index (χ3n) is 5.79. The average molecular weight is 282 g/mol. The molecule has 0 radical (unpaired) electrons. The molecule has 116 valence electrons. The van der Waals surface area contributed by atoms with Gasteiger partial charge in [-0.1, -0.05) is 27.7 Å². The first-order valence-electron chi connectivity index (χ1n) is 8.04. The predicted molar refractivity (Wildman–Crippen MR) is 79.4 cm³/mol. The zero-order valence-corrected chi connectivity index (χ0v) is 13.4. The van der Waals surface area contributed by atoms with Crippen LogP contribution < -0.4 is 0 Å². The van der Waals surface area contributed by atoms with Crippen LogP contribution in [0, 0.1) is 28.6 Å². The van der Waals surface area contributed by atoms with Gasteiger partial charge in [-0.2, -0.15) is 0 Å². The van der Waals surface area contributed by atoms with Gasteiger partial charge in [0.05, 0.1) is 12.0 Å². The fourth-order valence-electron chi connectivity index (χ4n) is 5.29. The van der Waals surface area contributed by atoms with E-state index in [1.54, 1.807) is 0 Å². The summed E-state index contributed by atoms with van der Waals surface area (Å²) in [6, 6.07) is 0. The lowest BCUT2D eigenvalue weighted by molar-refractivity contribution is -0.159. The van der Waals surface area contributed by atoms with Gasteiger partial charge in [-0.3, -0.25) is 4.79 Å². The second-order valence-corrected chi connectivity index (χ2v) is 8.49.